The molecule has 2 aliphatic rings. The molecule has 2 fully saturated rings. The van der Waals surface area contributed by atoms with E-state index in [0.717, 1.165) is 18.6 Å². The monoisotopic (exact) mass is 226 g/mol. The highest BCUT2D eigenvalue weighted by Gasteiger charge is 2.30. The SMILES string of the molecule is COC1CNC(CN2C(C)CCCC2C)C1. The fourth-order valence-corrected chi connectivity index (χ4v) is 3.19. The lowest BCUT2D eigenvalue weighted by Crippen LogP contribution is -2.49. The van der Waals surface area contributed by atoms with Gasteiger partial charge in [-0.05, 0) is 33.1 Å². The summed E-state index contributed by atoms with van der Waals surface area (Å²) < 4.78 is 5.40. The van der Waals surface area contributed by atoms with Gasteiger partial charge in [-0.2, -0.15) is 0 Å². The van der Waals surface area contributed by atoms with Gasteiger partial charge in [0.2, 0.25) is 0 Å². The molecule has 2 saturated heterocycles. The topological polar surface area (TPSA) is 24.5 Å². The summed E-state index contributed by atoms with van der Waals surface area (Å²) in [5.74, 6) is 0. The van der Waals surface area contributed by atoms with E-state index in [1.54, 1.807) is 0 Å². The van der Waals surface area contributed by atoms with Gasteiger partial charge in [-0.3, -0.25) is 4.90 Å². The Hall–Kier alpha value is -0.120. The highest BCUT2D eigenvalue weighted by Crippen LogP contribution is 2.24. The van der Waals surface area contributed by atoms with Crippen LogP contribution in [0.25, 0.3) is 0 Å². The molecule has 2 rings (SSSR count). The molecule has 0 spiro atoms. The van der Waals surface area contributed by atoms with Crippen molar-refractivity contribution in [2.75, 3.05) is 20.2 Å². The number of piperidine rings is 1. The summed E-state index contributed by atoms with van der Waals surface area (Å²) >= 11 is 0. The molecule has 0 saturated carbocycles. The van der Waals surface area contributed by atoms with Crippen LogP contribution in [0, 0.1) is 0 Å². The first-order valence-electron chi connectivity index (χ1n) is 6.72. The molecule has 2 heterocycles. The van der Waals surface area contributed by atoms with Gasteiger partial charge in [0, 0.05) is 38.3 Å². The standard InChI is InChI=1S/C13H26N2O/c1-10-5-4-6-11(2)15(10)9-12-7-13(16-3)8-14-12/h10-14H,4-9H2,1-3H3. The molecule has 3 nitrogen and oxygen atoms in total. The maximum absolute atomic E-state index is 5.40. The van der Waals surface area contributed by atoms with Crippen LogP contribution in [0.1, 0.15) is 39.5 Å². The largest absolute Gasteiger partial charge is 0.380 e. The van der Waals surface area contributed by atoms with Gasteiger partial charge in [-0.1, -0.05) is 6.42 Å². The summed E-state index contributed by atoms with van der Waals surface area (Å²) in [6, 6.07) is 2.15. The molecule has 0 aromatic rings. The third-order valence-electron chi connectivity index (χ3n) is 4.32. The van der Waals surface area contributed by atoms with E-state index >= 15 is 0 Å². The molecule has 0 radical (unpaired) electrons. The van der Waals surface area contributed by atoms with E-state index in [1.165, 1.54) is 32.2 Å². The zero-order valence-corrected chi connectivity index (χ0v) is 10.9. The van der Waals surface area contributed by atoms with E-state index in [-0.39, 0.29) is 0 Å². The van der Waals surface area contributed by atoms with E-state index < -0.39 is 0 Å². The van der Waals surface area contributed by atoms with Crippen molar-refractivity contribution in [2.45, 2.75) is 63.8 Å². The fraction of sp³-hybridized carbons (Fsp3) is 1.00. The van der Waals surface area contributed by atoms with Gasteiger partial charge in [-0.25, -0.2) is 0 Å². The molecular formula is C13H26N2O. The molecule has 4 atom stereocenters. The van der Waals surface area contributed by atoms with Crippen molar-refractivity contribution in [2.24, 2.45) is 0 Å². The lowest BCUT2D eigenvalue weighted by atomic mass is 9.96. The molecule has 1 N–H and O–H groups in total. The van der Waals surface area contributed by atoms with Crippen molar-refractivity contribution in [3.63, 3.8) is 0 Å². The van der Waals surface area contributed by atoms with E-state index in [2.05, 4.69) is 24.1 Å². The van der Waals surface area contributed by atoms with Gasteiger partial charge in [0.05, 0.1) is 6.10 Å². The fourth-order valence-electron chi connectivity index (χ4n) is 3.19. The predicted octanol–water partition coefficient (Wildman–Crippen LogP) is 1.63. The van der Waals surface area contributed by atoms with E-state index in [4.69, 9.17) is 4.74 Å². The van der Waals surface area contributed by atoms with E-state index in [9.17, 15) is 0 Å². The number of hydrogen-bond acceptors (Lipinski definition) is 3. The minimum absolute atomic E-state index is 0.431. The smallest absolute Gasteiger partial charge is 0.0711 e. The third kappa shape index (κ3) is 2.76. The van der Waals surface area contributed by atoms with E-state index in [1.807, 2.05) is 7.11 Å². The second kappa shape index (κ2) is 5.48. The maximum atomic E-state index is 5.40. The van der Waals surface area contributed by atoms with Crippen LogP contribution < -0.4 is 5.32 Å². The van der Waals surface area contributed by atoms with Gasteiger partial charge in [-0.15, -0.1) is 0 Å². The van der Waals surface area contributed by atoms with Crippen LogP contribution in [-0.2, 0) is 4.74 Å². The minimum Gasteiger partial charge on any atom is -0.380 e. The number of rotatable bonds is 3. The van der Waals surface area contributed by atoms with Crippen molar-refractivity contribution >= 4 is 0 Å². The second-order valence-corrected chi connectivity index (χ2v) is 5.52. The summed E-state index contributed by atoms with van der Waals surface area (Å²) in [6.45, 7) is 6.97. The van der Waals surface area contributed by atoms with E-state index in [0.29, 0.717) is 12.1 Å². The number of nitrogens with one attached hydrogen (secondary N) is 1. The van der Waals surface area contributed by atoms with Gasteiger partial charge in [0.1, 0.15) is 0 Å². The molecule has 4 unspecified atom stereocenters. The quantitative estimate of drug-likeness (QED) is 0.791. The summed E-state index contributed by atoms with van der Waals surface area (Å²) in [5.41, 5.74) is 0. The molecule has 2 aliphatic heterocycles. The Labute approximate surface area is 99.5 Å². The lowest BCUT2D eigenvalue weighted by Gasteiger charge is -2.40. The summed E-state index contributed by atoms with van der Waals surface area (Å²) in [4.78, 5) is 2.68. The highest BCUT2D eigenvalue weighted by atomic mass is 16.5. The molecule has 94 valence electrons. The van der Waals surface area contributed by atoms with Gasteiger partial charge in [0.25, 0.3) is 0 Å². The molecule has 0 aromatic heterocycles. The lowest BCUT2D eigenvalue weighted by molar-refractivity contribution is 0.0860. The predicted molar refractivity (Wildman–Crippen MR) is 66.7 cm³/mol. The van der Waals surface area contributed by atoms with Crippen molar-refractivity contribution < 1.29 is 4.74 Å². The van der Waals surface area contributed by atoms with Crippen molar-refractivity contribution in [3.8, 4) is 0 Å². The van der Waals surface area contributed by atoms with Crippen LogP contribution in [-0.4, -0.2) is 49.3 Å². The molecular weight excluding hydrogens is 200 g/mol. The van der Waals surface area contributed by atoms with Crippen molar-refractivity contribution in [3.05, 3.63) is 0 Å². The van der Waals surface area contributed by atoms with Crippen LogP contribution in [0.4, 0.5) is 0 Å². The van der Waals surface area contributed by atoms with Crippen LogP contribution in [0.3, 0.4) is 0 Å². The van der Waals surface area contributed by atoms with Gasteiger partial charge < -0.3 is 10.1 Å². The number of methoxy groups -OCH3 is 1. The normalized spacial score (nSPS) is 41.4. The molecule has 0 aliphatic carbocycles. The average Bonchev–Trinajstić information content (AvgIpc) is 2.71. The molecule has 0 amide bonds. The number of ether oxygens (including phenoxy) is 1. The Kier molecular flexibility index (Phi) is 4.22. The highest BCUT2D eigenvalue weighted by molar-refractivity contribution is 4.88. The zero-order chi connectivity index (χ0) is 11.5. The first kappa shape index (κ1) is 12.3. The second-order valence-electron chi connectivity index (χ2n) is 5.52. The molecule has 16 heavy (non-hydrogen) atoms. The summed E-state index contributed by atoms with van der Waals surface area (Å²) in [7, 11) is 1.82. The summed E-state index contributed by atoms with van der Waals surface area (Å²) in [5, 5.41) is 3.58. The van der Waals surface area contributed by atoms with Crippen molar-refractivity contribution in [1.29, 1.82) is 0 Å². The van der Waals surface area contributed by atoms with Crippen molar-refractivity contribution in [1.82, 2.24) is 10.2 Å². The molecule has 3 heteroatoms. The Balaban J connectivity index is 1.83. The Morgan fingerprint density at radius 3 is 2.50 bits per heavy atom. The number of likely N-dealkylation sites (tertiary alicyclic amines) is 1. The molecule has 0 bridgehead atoms. The Bertz CT molecular complexity index is 212. The van der Waals surface area contributed by atoms with Crippen LogP contribution in [0.5, 0.6) is 0 Å². The average molecular weight is 226 g/mol. The van der Waals surface area contributed by atoms with Crippen LogP contribution >= 0.6 is 0 Å². The number of hydrogen-bond donors (Lipinski definition) is 1. The third-order valence-corrected chi connectivity index (χ3v) is 4.32. The Morgan fingerprint density at radius 1 is 1.25 bits per heavy atom. The zero-order valence-electron chi connectivity index (χ0n) is 10.9. The maximum Gasteiger partial charge on any atom is 0.0711 e. The van der Waals surface area contributed by atoms with Crippen LogP contribution in [0.15, 0.2) is 0 Å². The first-order chi connectivity index (χ1) is 7.70. The Morgan fingerprint density at radius 2 is 1.94 bits per heavy atom. The first-order valence-corrected chi connectivity index (χ1v) is 6.72. The summed E-state index contributed by atoms with van der Waals surface area (Å²) in [6.07, 6.45) is 5.74. The molecule has 0 aromatic carbocycles. The van der Waals surface area contributed by atoms with Crippen LogP contribution in [0.2, 0.25) is 0 Å². The van der Waals surface area contributed by atoms with Gasteiger partial charge in [0.15, 0.2) is 0 Å². The minimum atomic E-state index is 0.431. The number of nitrogens with zero attached hydrogens (tertiary/aromatic N) is 1. The van der Waals surface area contributed by atoms with Gasteiger partial charge >= 0.3 is 0 Å².